The molecule has 6 nitrogen and oxygen atoms in total. The van der Waals surface area contributed by atoms with Gasteiger partial charge in [-0.3, -0.25) is 4.79 Å². The lowest BCUT2D eigenvalue weighted by molar-refractivity contribution is 0.157. The van der Waals surface area contributed by atoms with Crippen molar-refractivity contribution in [2.45, 2.75) is 25.9 Å². The second-order valence-corrected chi connectivity index (χ2v) is 8.23. The molecule has 1 aliphatic rings. The standard InChI is InChI=1S/C22H19BrO6/c1-22(2)7-5-13-20(29-22)12(6-8-23)18(26)17-19(27)14(10-28-21(13)17)11-3-4-15(24)16(25)9-11/h3-5,7,9-10,24-26H,6,8H2,1-2H3. The molecular formula is C22H19BrO6. The predicted octanol–water partition coefficient (Wildman–Crippen LogP) is 4.70. The van der Waals surface area contributed by atoms with E-state index in [1.165, 1.54) is 24.5 Å². The molecule has 0 atom stereocenters. The van der Waals surface area contributed by atoms with E-state index in [0.29, 0.717) is 34.2 Å². The molecule has 3 N–H and O–H groups in total. The number of rotatable bonds is 3. The van der Waals surface area contributed by atoms with Crippen LogP contribution in [0.1, 0.15) is 25.0 Å². The fraction of sp³-hybridized carbons (Fsp3) is 0.227. The Hall–Kier alpha value is -2.93. The van der Waals surface area contributed by atoms with Crippen LogP contribution in [0.25, 0.3) is 28.2 Å². The molecule has 4 rings (SSSR count). The second kappa shape index (κ2) is 6.84. The van der Waals surface area contributed by atoms with E-state index in [2.05, 4.69) is 15.9 Å². The van der Waals surface area contributed by atoms with Gasteiger partial charge in [-0.05, 0) is 50.1 Å². The molecule has 29 heavy (non-hydrogen) atoms. The summed E-state index contributed by atoms with van der Waals surface area (Å²) in [5.74, 6) is -0.321. The minimum Gasteiger partial charge on any atom is -0.507 e. The van der Waals surface area contributed by atoms with Crippen molar-refractivity contribution in [1.82, 2.24) is 0 Å². The Bertz CT molecular complexity index is 1220. The summed E-state index contributed by atoms with van der Waals surface area (Å²) in [7, 11) is 0. The van der Waals surface area contributed by atoms with E-state index < -0.39 is 11.0 Å². The van der Waals surface area contributed by atoms with Gasteiger partial charge in [-0.15, -0.1) is 0 Å². The van der Waals surface area contributed by atoms with E-state index in [1.807, 2.05) is 26.0 Å². The smallest absolute Gasteiger partial charge is 0.204 e. The van der Waals surface area contributed by atoms with Crippen LogP contribution in [0.5, 0.6) is 23.0 Å². The highest BCUT2D eigenvalue weighted by Crippen LogP contribution is 2.45. The van der Waals surface area contributed by atoms with Gasteiger partial charge in [-0.1, -0.05) is 22.0 Å². The number of phenolic OH excluding ortho intramolecular Hbond substituents is 3. The summed E-state index contributed by atoms with van der Waals surface area (Å²) in [6, 6.07) is 4.05. The van der Waals surface area contributed by atoms with Crippen LogP contribution < -0.4 is 10.2 Å². The van der Waals surface area contributed by atoms with Gasteiger partial charge < -0.3 is 24.5 Å². The summed E-state index contributed by atoms with van der Waals surface area (Å²) in [6.07, 6.45) is 5.45. The summed E-state index contributed by atoms with van der Waals surface area (Å²) in [4.78, 5) is 13.3. The number of phenols is 3. The molecular weight excluding hydrogens is 440 g/mol. The van der Waals surface area contributed by atoms with E-state index in [0.717, 1.165) is 0 Å². The third-order valence-electron chi connectivity index (χ3n) is 4.93. The van der Waals surface area contributed by atoms with E-state index in [1.54, 1.807) is 0 Å². The number of hydrogen-bond donors (Lipinski definition) is 3. The molecule has 3 aromatic rings. The van der Waals surface area contributed by atoms with Gasteiger partial charge in [-0.2, -0.15) is 0 Å². The van der Waals surface area contributed by atoms with Crippen molar-refractivity contribution in [2.75, 3.05) is 5.33 Å². The maximum Gasteiger partial charge on any atom is 0.204 e. The summed E-state index contributed by atoms with van der Waals surface area (Å²) in [6.45, 7) is 3.81. The zero-order chi connectivity index (χ0) is 20.9. The quantitative estimate of drug-likeness (QED) is 0.388. The van der Waals surface area contributed by atoms with E-state index >= 15 is 0 Å². The molecule has 2 aromatic carbocycles. The monoisotopic (exact) mass is 458 g/mol. The van der Waals surface area contributed by atoms with Crippen molar-refractivity contribution < 1.29 is 24.5 Å². The lowest BCUT2D eigenvalue weighted by atomic mass is 9.94. The molecule has 0 bridgehead atoms. The van der Waals surface area contributed by atoms with Crippen LogP contribution in [0.2, 0.25) is 0 Å². The first-order valence-electron chi connectivity index (χ1n) is 9.03. The molecule has 0 aliphatic carbocycles. The molecule has 0 amide bonds. The fourth-order valence-electron chi connectivity index (χ4n) is 3.47. The molecule has 2 heterocycles. The van der Waals surface area contributed by atoms with Crippen molar-refractivity contribution in [1.29, 1.82) is 0 Å². The maximum absolute atomic E-state index is 13.3. The van der Waals surface area contributed by atoms with Crippen LogP contribution in [-0.4, -0.2) is 26.3 Å². The summed E-state index contributed by atoms with van der Waals surface area (Å²) in [5.41, 5.74) is 0.893. The van der Waals surface area contributed by atoms with Crippen molar-refractivity contribution in [3.05, 3.63) is 51.9 Å². The second-order valence-electron chi connectivity index (χ2n) is 7.43. The first-order valence-corrected chi connectivity index (χ1v) is 10.2. The van der Waals surface area contributed by atoms with Crippen LogP contribution >= 0.6 is 15.9 Å². The van der Waals surface area contributed by atoms with E-state index in [4.69, 9.17) is 9.15 Å². The summed E-state index contributed by atoms with van der Waals surface area (Å²) in [5, 5.41) is 30.9. The van der Waals surface area contributed by atoms with E-state index in [9.17, 15) is 20.1 Å². The molecule has 0 fully saturated rings. The normalized spacial score (nSPS) is 14.6. The highest BCUT2D eigenvalue weighted by Gasteiger charge is 2.30. The van der Waals surface area contributed by atoms with Gasteiger partial charge in [0.25, 0.3) is 0 Å². The minimum absolute atomic E-state index is 0.0534. The number of fused-ring (bicyclic) bond motifs is 3. The highest BCUT2D eigenvalue weighted by atomic mass is 79.9. The van der Waals surface area contributed by atoms with Crippen LogP contribution in [0.3, 0.4) is 0 Å². The Morgan fingerprint density at radius 3 is 2.59 bits per heavy atom. The fourth-order valence-corrected chi connectivity index (χ4v) is 3.87. The molecule has 1 aromatic heterocycles. The van der Waals surface area contributed by atoms with Crippen LogP contribution in [-0.2, 0) is 6.42 Å². The van der Waals surface area contributed by atoms with Gasteiger partial charge in [0, 0.05) is 10.9 Å². The predicted molar refractivity (Wildman–Crippen MR) is 114 cm³/mol. The zero-order valence-electron chi connectivity index (χ0n) is 15.8. The Morgan fingerprint density at radius 2 is 1.90 bits per heavy atom. The van der Waals surface area contributed by atoms with E-state index in [-0.39, 0.29) is 33.8 Å². The van der Waals surface area contributed by atoms with Crippen LogP contribution in [0, 0.1) is 0 Å². The number of ether oxygens (including phenoxy) is 1. The molecule has 1 aliphatic heterocycles. The Kier molecular flexibility index (Phi) is 4.58. The largest absolute Gasteiger partial charge is 0.507 e. The van der Waals surface area contributed by atoms with Crippen LogP contribution in [0.4, 0.5) is 0 Å². The number of hydrogen-bond acceptors (Lipinski definition) is 6. The first kappa shape index (κ1) is 19.4. The molecule has 0 saturated heterocycles. The SMILES string of the molecule is CC1(C)C=Cc2c(c(CCBr)c(O)c3c(=O)c(-c4ccc(O)c(O)c4)coc23)O1. The Labute approximate surface area is 174 Å². The Balaban J connectivity index is 2.05. The topological polar surface area (TPSA) is 100 Å². The Morgan fingerprint density at radius 1 is 1.14 bits per heavy atom. The van der Waals surface area contributed by atoms with Crippen molar-refractivity contribution in [2.24, 2.45) is 0 Å². The van der Waals surface area contributed by atoms with Crippen molar-refractivity contribution in [3.63, 3.8) is 0 Å². The summed E-state index contributed by atoms with van der Waals surface area (Å²) < 4.78 is 11.9. The molecule has 0 spiro atoms. The zero-order valence-corrected chi connectivity index (χ0v) is 17.4. The number of benzene rings is 2. The van der Waals surface area contributed by atoms with Gasteiger partial charge in [0.1, 0.15) is 28.7 Å². The molecule has 0 saturated carbocycles. The maximum atomic E-state index is 13.3. The van der Waals surface area contributed by atoms with Gasteiger partial charge in [0.2, 0.25) is 5.43 Å². The average Bonchev–Trinajstić information content (AvgIpc) is 2.66. The average molecular weight is 459 g/mol. The van der Waals surface area contributed by atoms with Gasteiger partial charge in [-0.25, -0.2) is 0 Å². The molecule has 150 valence electrons. The van der Waals surface area contributed by atoms with Gasteiger partial charge in [0.05, 0.1) is 11.1 Å². The first-order chi connectivity index (χ1) is 13.7. The van der Waals surface area contributed by atoms with Crippen LogP contribution in [0.15, 0.2) is 39.7 Å². The number of alkyl halides is 1. The lowest BCUT2D eigenvalue weighted by Crippen LogP contribution is -2.28. The van der Waals surface area contributed by atoms with Crippen molar-refractivity contribution in [3.8, 4) is 34.1 Å². The molecule has 0 unspecified atom stereocenters. The lowest BCUT2D eigenvalue weighted by Gasteiger charge is -2.30. The van der Waals surface area contributed by atoms with Gasteiger partial charge in [0.15, 0.2) is 17.1 Å². The van der Waals surface area contributed by atoms with Crippen molar-refractivity contribution >= 4 is 33.0 Å². The van der Waals surface area contributed by atoms with Gasteiger partial charge >= 0.3 is 0 Å². The molecule has 0 radical (unpaired) electrons. The highest BCUT2D eigenvalue weighted by molar-refractivity contribution is 9.09. The number of halogens is 1. The summed E-state index contributed by atoms with van der Waals surface area (Å²) >= 11 is 3.39. The number of aromatic hydroxyl groups is 3. The third kappa shape index (κ3) is 3.15. The molecule has 7 heteroatoms. The third-order valence-corrected chi connectivity index (χ3v) is 5.32. The minimum atomic E-state index is -0.558.